The number of carbonyl (C=O) groups is 1. The van der Waals surface area contributed by atoms with Gasteiger partial charge in [0.2, 0.25) is 0 Å². The van der Waals surface area contributed by atoms with Crippen molar-refractivity contribution >= 4 is 39.1 Å². The van der Waals surface area contributed by atoms with Crippen LogP contribution in [0.4, 0.5) is 5.82 Å². The van der Waals surface area contributed by atoms with E-state index in [4.69, 9.17) is 9.47 Å². The molecule has 6 nitrogen and oxygen atoms in total. The van der Waals surface area contributed by atoms with E-state index in [1.165, 1.54) is 30.4 Å². The molecular weight excluding hydrogens is 442 g/mol. The molecule has 144 valence electrons. The first kappa shape index (κ1) is 18.9. The summed E-state index contributed by atoms with van der Waals surface area (Å²) in [6.45, 7) is 0.105. The first-order chi connectivity index (χ1) is 13.6. The van der Waals surface area contributed by atoms with Gasteiger partial charge in [-0.3, -0.25) is 0 Å². The number of ether oxygens (including phenoxy) is 2. The van der Waals surface area contributed by atoms with Crippen molar-refractivity contribution in [2.24, 2.45) is 0 Å². The first-order valence-corrected chi connectivity index (χ1v) is 10.5. The van der Waals surface area contributed by atoms with Gasteiger partial charge in [-0.05, 0) is 43.2 Å². The summed E-state index contributed by atoms with van der Waals surface area (Å²) in [6.07, 6.45) is 3.88. The number of carbonyl (C=O) groups excluding carboxylic acids is 1. The Morgan fingerprint density at radius 1 is 1.32 bits per heavy atom. The number of nitrogens with zero attached hydrogens (tertiary/aromatic N) is 2. The van der Waals surface area contributed by atoms with Crippen LogP contribution in [0.1, 0.15) is 28.9 Å². The van der Waals surface area contributed by atoms with Crippen LogP contribution in [0.25, 0.3) is 10.6 Å². The lowest BCUT2D eigenvalue weighted by molar-refractivity contribution is 0.0468. The Morgan fingerprint density at radius 2 is 2.18 bits per heavy atom. The fourth-order valence-corrected chi connectivity index (χ4v) is 3.79. The van der Waals surface area contributed by atoms with E-state index in [1.807, 2.05) is 23.6 Å². The molecule has 0 saturated heterocycles. The van der Waals surface area contributed by atoms with E-state index in [0.717, 1.165) is 26.6 Å². The maximum absolute atomic E-state index is 12.3. The lowest BCUT2D eigenvalue weighted by Crippen LogP contribution is -2.07. The predicted molar refractivity (Wildman–Crippen MR) is 112 cm³/mol. The fraction of sp³-hybridized carbons (Fsp3) is 0.250. The minimum absolute atomic E-state index is 0.105. The van der Waals surface area contributed by atoms with E-state index in [9.17, 15) is 4.79 Å². The molecule has 0 bridgehead atoms. The lowest BCUT2D eigenvalue weighted by atomic mass is 10.2. The number of esters is 1. The van der Waals surface area contributed by atoms with Crippen molar-refractivity contribution in [1.82, 2.24) is 9.97 Å². The number of methoxy groups -OCH3 is 1. The topological polar surface area (TPSA) is 73.3 Å². The van der Waals surface area contributed by atoms with Crippen LogP contribution in [0.2, 0.25) is 0 Å². The maximum Gasteiger partial charge on any atom is 0.340 e. The minimum Gasteiger partial charge on any atom is -0.496 e. The number of anilines is 1. The lowest BCUT2D eigenvalue weighted by Gasteiger charge is -2.06. The highest BCUT2D eigenvalue weighted by Crippen LogP contribution is 2.34. The quantitative estimate of drug-likeness (QED) is 0.506. The van der Waals surface area contributed by atoms with E-state index in [-0.39, 0.29) is 6.61 Å². The summed E-state index contributed by atoms with van der Waals surface area (Å²) in [4.78, 5) is 21.1. The fourth-order valence-electron chi connectivity index (χ4n) is 2.60. The molecule has 0 atom stereocenters. The number of hydrogen-bond donors (Lipinski definition) is 1. The molecule has 1 saturated carbocycles. The number of halogens is 1. The van der Waals surface area contributed by atoms with Gasteiger partial charge in [0.1, 0.15) is 23.2 Å². The van der Waals surface area contributed by atoms with Gasteiger partial charge in [-0.1, -0.05) is 15.9 Å². The zero-order chi connectivity index (χ0) is 19.5. The van der Waals surface area contributed by atoms with Crippen LogP contribution in [-0.4, -0.2) is 29.1 Å². The SMILES string of the molecule is COc1ccc(Br)cc1-c1nc(COC(=O)c2ccc(NC3CC3)nc2)cs1. The summed E-state index contributed by atoms with van der Waals surface area (Å²) in [5, 5.41) is 5.97. The molecule has 1 fully saturated rings. The third-order valence-electron chi connectivity index (χ3n) is 4.22. The van der Waals surface area contributed by atoms with Gasteiger partial charge in [-0.25, -0.2) is 14.8 Å². The van der Waals surface area contributed by atoms with E-state index in [1.54, 1.807) is 19.2 Å². The summed E-state index contributed by atoms with van der Waals surface area (Å²) >= 11 is 4.95. The smallest absolute Gasteiger partial charge is 0.340 e. The highest BCUT2D eigenvalue weighted by atomic mass is 79.9. The van der Waals surface area contributed by atoms with Crippen molar-refractivity contribution in [2.45, 2.75) is 25.5 Å². The number of benzene rings is 1. The van der Waals surface area contributed by atoms with E-state index in [2.05, 4.69) is 31.2 Å². The standard InChI is InChI=1S/C20H18BrN3O3S/c1-26-17-6-3-13(21)8-16(17)19-24-15(11-28-19)10-27-20(25)12-2-7-18(22-9-12)23-14-4-5-14/h2-3,6-9,11,14H,4-5,10H2,1H3,(H,22,23). The van der Waals surface area contributed by atoms with Crippen LogP contribution in [0.15, 0.2) is 46.4 Å². The molecule has 1 aromatic carbocycles. The van der Waals surface area contributed by atoms with Crippen LogP contribution < -0.4 is 10.1 Å². The Balaban J connectivity index is 1.39. The number of rotatable bonds is 7. The molecule has 2 aromatic heterocycles. The first-order valence-electron chi connectivity index (χ1n) is 8.80. The molecule has 0 amide bonds. The van der Waals surface area contributed by atoms with Crippen molar-refractivity contribution in [3.63, 3.8) is 0 Å². The Morgan fingerprint density at radius 3 is 2.89 bits per heavy atom. The molecule has 8 heteroatoms. The average molecular weight is 460 g/mol. The zero-order valence-electron chi connectivity index (χ0n) is 15.1. The van der Waals surface area contributed by atoms with Crippen LogP contribution in [0, 0.1) is 0 Å². The normalized spacial score (nSPS) is 13.2. The van der Waals surface area contributed by atoms with Crippen molar-refractivity contribution in [2.75, 3.05) is 12.4 Å². The van der Waals surface area contributed by atoms with E-state index < -0.39 is 5.97 Å². The van der Waals surface area contributed by atoms with Gasteiger partial charge >= 0.3 is 5.97 Å². The molecule has 4 rings (SSSR count). The van der Waals surface area contributed by atoms with Gasteiger partial charge in [0.15, 0.2) is 0 Å². The Kier molecular flexibility index (Phi) is 5.59. The molecule has 28 heavy (non-hydrogen) atoms. The van der Waals surface area contributed by atoms with Crippen LogP contribution in [0.3, 0.4) is 0 Å². The van der Waals surface area contributed by atoms with E-state index in [0.29, 0.717) is 17.3 Å². The summed E-state index contributed by atoms with van der Waals surface area (Å²) in [7, 11) is 1.63. The highest BCUT2D eigenvalue weighted by molar-refractivity contribution is 9.10. The van der Waals surface area contributed by atoms with Gasteiger partial charge in [-0.2, -0.15) is 0 Å². The number of hydrogen-bond acceptors (Lipinski definition) is 7. The molecule has 1 aliphatic rings. The van der Waals surface area contributed by atoms with Crippen molar-refractivity contribution in [1.29, 1.82) is 0 Å². The van der Waals surface area contributed by atoms with Crippen LogP contribution in [0.5, 0.6) is 5.75 Å². The third kappa shape index (κ3) is 4.51. The largest absolute Gasteiger partial charge is 0.496 e. The van der Waals surface area contributed by atoms with Gasteiger partial charge < -0.3 is 14.8 Å². The second-order valence-corrected chi connectivity index (χ2v) is 8.19. The third-order valence-corrected chi connectivity index (χ3v) is 5.64. The molecule has 0 aliphatic heterocycles. The summed E-state index contributed by atoms with van der Waals surface area (Å²) in [5.41, 5.74) is 2.00. The van der Waals surface area contributed by atoms with Gasteiger partial charge in [0.25, 0.3) is 0 Å². The predicted octanol–water partition coefficient (Wildman–Crippen LogP) is 4.91. The highest BCUT2D eigenvalue weighted by Gasteiger charge is 2.21. The molecule has 3 aromatic rings. The van der Waals surface area contributed by atoms with Gasteiger partial charge in [0, 0.05) is 22.1 Å². The molecule has 0 unspecified atom stereocenters. The number of pyridine rings is 1. The summed E-state index contributed by atoms with van der Waals surface area (Å²) in [5.74, 6) is 1.11. The van der Waals surface area contributed by atoms with Crippen molar-refractivity contribution in [3.05, 3.63) is 57.6 Å². The van der Waals surface area contributed by atoms with E-state index >= 15 is 0 Å². The molecule has 0 spiro atoms. The summed E-state index contributed by atoms with van der Waals surface area (Å²) < 4.78 is 11.7. The number of aromatic nitrogens is 2. The Labute approximate surface area is 175 Å². The molecule has 2 heterocycles. The Hall–Kier alpha value is -2.45. The van der Waals surface area contributed by atoms with Gasteiger partial charge in [0.05, 0.1) is 23.9 Å². The molecule has 0 radical (unpaired) electrons. The zero-order valence-corrected chi connectivity index (χ0v) is 17.5. The second kappa shape index (κ2) is 8.28. The monoisotopic (exact) mass is 459 g/mol. The van der Waals surface area contributed by atoms with Gasteiger partial charge in [-0.15, -0.1) is 11.3 Å². The van der Waals surface area contributed by atoms with Crippen molar-refractivity contribution < 1.29 is 14.3 Å². The summed E-state index contributed by atoms with van der Waals surface area (Å²) in [6, 6.07) is 9.80. The molecular formula is C20H18BrN3O3S. The molecule has 1 N–H and O–H groups in total. The van der Waals surface area contributed by atoms with Crippen LogP contribution >= 0.6 is 27.3 Å². The maximum atomic E-state index is 12.3. The number of nitrogens with one attached hydrogen (secondary N) is 1. The average Bonchev–Trinajstić information content (AvgIpc) is 3.40. The molecule has 1 aliphatic carbocycles. The minimum atomic E-state index is -0.417. The second-order valence-electron chi connectivity index (χ2n) is 6.42. The van der Waals surface area contributed by atoms with Crippen LogP contribution in [-0.2, 0) is 11.3 Å². The number of thiazole rings is 1. The van der Waals surface area contributed by atoms with Crippen molar-refractivity contribution in [3.8, 4) is 16.3 Å². The Bertz CT molecular complexity index is 987.